The Balaban J connectivity index is 2.33. The van der Waals surface area contributed by atoms with Gasteiger partial charge in [-0.25, -0.2) is 0 Å². The molecular formula is C11H13NOSe. The van der Waals surface area contributed by atoms with Gasteiger partial charge in [-0.3, -0.25) is 0 Å². The van der Waals surface area contributed by atoms with E-state index in [1.807, 2.05) is 12.1 Å². The zero-order chi connectivity index (χ0) is 10.2. The van der Waals surface area contributed by atoms with Crippen LogP contribution < -0.4 is 4.74 Å². The van der Waals surface area contributed by atoms with Crippen LogP contribution in [-0.2, 0) is 5.32 Å². The summed E-state index contributed by atoms with van der Waals surface area (Å²) in [4.78, 5) is 0. The van der Waals surface area contributed by atoms with Crippen molar-refractivity contribution in [2.45, 2.75) is 17.1 Å². The summed E-state index contributed by atoms with van der Waals surface area (Å²) in [5.74, 6) is 0.901. The van der Waals surface area contributed by atoms with Crippen molar-refractivity contribution in [1.82, 2.24) is 0 Å². The Labute approximate surface area is 91.0 Å². The van der Waals surface area contributed by atoms with Gasteiger partial charge in [-0.2, -0.15) is 0 Å². The van der Waals surface area contributed by atoms with Crippen LogP contribution >= 0.6 is 0 Å². The van der Waals surface area contributed by atoms with Crippen LogP contribution in [0, 0.1) is 11.3 Å². The van der Waals surface area contributed by atoms with Crippen LogP contribution in [0.1, 0.15) is 12.0 Å². The molecule has 0 saturated heterocycles. The zero-order valence-corrected chi connectivity index (χ0v) is 9.91. The maximum atomic E-state index is 8.38. The molecule has 0 spiro atoms. The molecule has 0 aliphatic heterocycles. The van der Waals surface area contributed by atoms with Gasteiger partial charge < -0.3 is 0 Å². The average Bonchev–Trinajstić information content (AvgIpc) is 2.25. The van der Waals surface area contributed by atoms with E-state index in [-0.39, 0.29) is 0 Å². The number of hydrogen-bond acceptors (Lipinski definition) is 2. The second kappa shape index (κ2) is 6.48. The van der Waals surface area contributed by atoms with Gasteiger partial charge in [0.15, 0.2) is 0 Å². The van der Waals surface area contributed by atoms with E-state index in [0.717, 1.165) is 16.4 Å². The third-order valence-corrected chi connectivity index (χ3v) is 3.95. The number of hydrogen-bond donors (Lipinski definition) is 0. The summed E-state index contributed by atoms with van der Waals surface area (Å²) in [7, 11) is 1.67. The van der Waals surface area contributed by atoms with Gasteiger partial charge in [0.2, 0.25) is 0 Å². The predicted molar refractivity (Wildman–Crippen MR) is 57.5 cm³/mol. The second-order valence-electron chi connectivity index (χ2n) is 2.81. The van der Waals surface area contributed by atoms with Crippen molar-refractivity contribution < 1.29 is 4.74 Å². The Kier molecular flexibility index (Phi) is 5.14. The monoisotopic (exact) mass is 255 g/mol. The first-order chi connectivity index (χ1) is 6.86. The molecule has 0 radical (unpaired) electrons. The fraction of sp³-hybridized carbons (Fsp3) is 0.364. The van der Waals surface area contributed by atoms with E-state index in [0.29, 0.717) is 21.4 Å². The van der Waals surface area contributed by atoms with E-state index in [1.54, 1.807) is 7.11 Å². The average molecular weight is 254 g/mol. The van der Waals surface area contributed by atoms with Gasteiger partial charge in [0.25, 0.3) is 0 Å². The van der Waals surface area contributed by atoms with E-state index in [1.165, 1.54) is 5.56 Å². The molecule has 0 aliphatic carbocycles. The molecule has 1 rings (SSSR count). The quantitative estimate of drug-likeness (QED) is 0.596. The number of ether oxygens (including phenoxy) is 1. The van der Waals surface area contributed by atoms with E-state index in [4.69, 9.17) is 10.00 Å². The summed E-state index contributed by atoms with van der Waals surface area (Å²) in [6.45, 7) is 0. The van der Waals surface area contributed by atoms with Crippen LogP contribution in [0.2, 0.25) is 5.32 Å². The number of nitrogens with zero attached hydrogens (tertiary/aromatic N) is 1. The van der Waals surface area contributed by atoms with Crippen molar-refractivity contribution in [1.29, 1.82) is 5.26 Å². The molecule has 0 unspecified atom stereocenters. The van der Waals surface area contributed by atoms with Crippen molar-refractivity contribution >= 4 is 15.0 Å². The predicted octanol–water partition coefficient (Wildman–Crippen LogP) is 2.23. The zero-order valence-electron chi connectivity index (χ0n) is 8.19. The summed E-state index contributed by atoms with van der Waals surface area (Å²) < 4.78 is 5.07. The van der Waals surface area contributed by atoms with Gasteiger partial charge in [0.1, 0.15) is 0 Å². The Morgan fingerprint density at radius 2 is 2.07 bits per heavy atom. The molecule has 0 aliphatic rings. The molecule has 0 fully saturated rings. The Morgan fingerprint density at radius 1 is 1.36 bits per heavy atom. The summed E-state index contributed by atoms with van der Waals surface area (Å²) in [5.41, 5.74) is 1.34. The van der Waals surface area contributed by atoms with Crippen LogP contribution in [0.3, 0.4) is 0 Å². The number of methoxy groups -OCH3 is 1. The van der Waals surface area contributed by atoms with Gasteiger partial charge in [-0.15, -0.1) is 0 Å². The van der Waals surface area contributed by atoms with Crippen molar-refractivity contribution in [3.8, 4) is 11.8 Å². The summed E-state index contributed by atoms with van der Waals surface area (Å²) >= 11 is 0.560. The first-order valence-corrected chi connectivity index (χ1v) is 6.86. The molecular weight excluding hydrogens is 241 g/mol. The molecule has 0 amide bonds. The molecule has 1 aromatic rings. The van der Waals surface area contributed by atoms with Crippen LogP contribution in [0.25, 0.3) is 0 Å². The van der Waals surface area contributed by atoms with Crippen molar-refractivity contribution in [2.24, 2.45) is 0 Å². The Bertz CT molecular complexity index is 302. The molecule has 74 valence electrons. The third kappa shape index (κ3) is 3.83. The standard InChI is InChI=1S/C11H13NOSe/c1-13-11-5-3-10(4-6-11)9-14-8-2-7-12/h3-6H,2,8-9H2,1H3. The van der Waals surface area contributed by atoms with Gasteiger partial charge in [0.05, 0.1) is 0 Å². The Morgan fingerprint density at radius 3 is 2.64 bits per heavy atom. The van der Waals surface area contributed by atoms with Gasteiger partial charge in [-0.1, -0.05) is 0 Å². The number of rotatable bonds is 5. The van der Waals surface area contributed by atoms with E-state index in [2.05, 4.69) is 18.2 Å². The van der Waals surface area contributed by atoms with Crippen molar-refractivity contribution in [2.75, 3.05) is 7.11 Å². The molecule has 0 bridgehead atoms. The number of benzene rings is 1. The molecule has 3 heteroatoms. The third-order valence-electron chi connectivity index (χ3n) is 1.79. The van der Waals surface area contributed by atoms with Crippen LogP contribution in [0.15, 0.2) is 24.3 Å². The molecule has 0 N–H and O–H groups in total. The minimum absolute atomic E-state index is 0.560. The Hall–Kier alpha value is -0.971. The summed E-state index contributed by atoms with van der Waals surface area (Å²) in [6, 6.07) is 10.3. The molecule has 14 heavy (non-hydrogen) atoms. The minimum atomic E-state index is 0.560. The van der Waals surface area contributed by atoms with Crippen molar-refractivity contribution in [3.05, 3.63) is 29.8 Å². The van der Waals surface area contributed by atoms with Gasteiger partial charge in [0, 0.05) is 0 Å². The molecule has 2 nitrogen and oxygen atoms in total. The van der Waals surface area contributed by atoms with E-state index in [9.17, 15) is 0 Å². The molecule has 0 saturated carbocycles. The first-order valence-electron chi connectivity index (χ1n) is 4.44. The van der Waals surface area contributed by atoms with Crippen LogP contribution in [0.4, 0.5) is 0 Å². The molecule has 0 heterocycles. The normalized spacial score (nSPS) is 9.43. The topological polar surface area (TPSA) is 33.0 Å². The molecule has 1 aromatic carbocycles. The van der Waals surface area contributed by atoms with Crippen LogP contribution in [-0.4, -0.2) is 22.1 Å². The maximum absolute atomic E-state index is 8.38. The summed E-state index contributed by atoms with van der Waals surface area (Å²) in [6.07, 6.45) is 0.691. The van der Waals surface area contributed by atoms with Crippen molar-refractivity contribution in [3.63, 3.8) is 0 Å². The van der Waals surface area contributed by atoms with E-state index >= 15 is 0 Å². The van der Waals surface area contributed by atoms with Crippen LogP contribution in [0.5, 0.6) is 5.75 Å². The number of nitriles is 1. The SMILES string of the molecule is COc1ccc(C[Se]CCC#N)cc1. The summed E-state index contributed by atoms with van der Waals surface area (Å²) in [5, 5.41) is 10.5. The molecule has 0 atom stereocenters. The second-order valence-corrected chi connectivity index (χ2v) is 5.13. The fourth-order valence-electron chi connectivity index (χ4n) is 1.03. The first kappa shape index (κ1) is 11.1. The van der Waals surface area contributed by atoms with E-state index < -0.39 is 0 Å². The van der Waals surface area contributed by atoms with Gasteiger partial charge >= 0.3 is 90.8 Å². The van der Waals surface area contributed by atoms with Gasteiger partial charge in [-0.05, 0) is 0 Å². The fourth-order valence-corrected chi connectivity index (χ4v) is 2.73. The molecule has 0 aromatic heterocycles.